The fourth-order valence-corrected chi connectivity index (χ4v) is 4.09. The van der Waals surface area contributed by atoms with Gasteiger partial charge in [0, 0.05) is 17.9 Å². The van der Waals surface area contributed by atoms with Crippen LogP contribution in [0.4, 0.5) is 0 Å². The first-order valence-corrected chi connectivity index (χ1v) is 8.47. The van der Waals surface area contributed by atoms with E-state index in [1.54, 1.807) is 4.31 Å². The van der Waals surface area contributed by atoms with Crippen molar-refractivity contribution in [3.05, 3.63) is 0 Å². The molecule has 0 aromatic carbocycles. The Bertz CT molecular complexity index is 316. The van der Waals surface area contributed by atoms with Crippen LogP contribution in [0.25, 0.3) is 0 Å². The second-order valence-corrected chi connectivity index (χ2v) is 8.40. The van der Waals surface area contributed by atoms with Crippen molar-refractivity contribution in [2.24, 2.45) is 11.8 Å². The molecule has 16 heavy (non-hydrogen) atoms. The lowest BCUT2D eigenvalue weighted by Crippen LogP contribution is -2.44. The monoisotopic (exact) mass is 311 g/mol. The number of halogens is 1. The molecule has 0 radical (unpaired) electrons. The summed E-state index contributed by atoms with van der Waals surface area (Å²) < 4.78 is 25.8. The number of nitrogens with zero attached hydrogens (tertiary/aromatic N) is 1. The highest BCUT2D eigenvalue weighted by Gasteiger charge is 2.30. The van der Waals surface area contributed by atoms with E-state index in [0.29, 0.717) is 35.5 Å². The van der Waals surface area contributed by atoms with Crippen molar-refractivity contribution in [2.45, 2.75) is 38.4 Å². The first-order chi connectivity index (χ1) is 7.33. The van der Waals surface area contributed by atoms with E-state index in [-0.39, 0.29) is 0 Å². The van der Waals surface area contributed by atoms with Crippen LogP contribution < -0.4 is 0 Å². The van der Waals surface area contributed by atoms with Crippen molar-refractivity contribution < 1.29 is 8.42 Å². The fourth-order valence-electron chi connectivity index (χ4n) is 1.85. The summed E-state index contributed by atoms with van der Waals surface area (Å²) in [5.74, 6) is 1.15. The van der Waals surface area contributed by atoms with Crippen molar-refractivity contribution in [1.82, 2.24) is 4.31 Å². The highest BCUT2D eigenvalue weighted by Crippen LogP contribution is 2.25. The molecule has 1 saturated heterocycles. The number of hydrogen-bond acceptors (Lipinski definition) is 2. The Kier molecular flexibility index (Phi) is 5.26. The number of alkyl halides is 1. The molecule has 5 heteroatoms. The van der Waals surface area contributed by atoms with E-state index < -0.39 is 10.0 Å². The first kappa shape index (κ1) is 14.5. The summed E-state index contributed by atoms with van der Waals surface area (Å²) in [6, 6.07) is 0. The Morgan fingerprint density at radius 3 is 2.56 bits per heavy atom. The van der Waals surface area contributed by atoms with Gasteiger partial charge in [-0.1, -0.05) is 36.7 Å². The van der Waals surface area contributed by atoms with E-state index in [1.807, 2.05) is 0 Å². The minimum absolute atomic E-state index is 0.296. The summed E-state index contributed by atoms with van der Waals surface area (Å²) in [6.07, 6.45) is 1.67. The van der Waals surface area contributed by atoms with Crippen LogP contribution >= 0.6 is 15.9 Å². The van der Waals surface area contributed by atoms with E-state index in [2.05, 4.69) is 36.7 Å². The minimum atomic E-state index is -3.02. The minimum Gasteiger partial charge on any atom is -0.212 e. The van der Waals surface area contributed by atoms with Gasteiger partial charge in [0.05, 0.1) is 5.75 Å². The molecular weight excluding hydrogens is 290 g/mol. The molecule has 1 aliphatic rings. The molecule has 0 aliphatic carbocycles. The smallest absolute Gasteiger partial charge is 0.212 e. The van der Waals surface area contributed by atoms with E-state index in [9.17, 15) is 8.42 Å². The van der Waals surface area contributed by atoms with Gasteiger partial charge >= 0.3 is 0 Å². The number of hydrogen-bond donors (Lipinski definition) is 0. The first-order valence-electron chi connectivity index (χ1n) is 5.95. The molecule has 3 nitrogen and oxygen atoms in total. The summed E-state index contributed by atoms with van der Waals surface area (Å²) in [4.78, 5) is 0.462. The Balaban J connectivity index is 2.56. The number of piperidine rings is 1. The Morgan fingerprint density at radius 1 is 1.44 bits per heavy atom. The zero-order valence-corrected chi connectivity index (χ0v) is 12.7. The lowest BCUT2D eigenvalue weighted by molar-refractivity contribution is 0.291. The molecule has 0 aromatic heterocycles. The van der Waals surface area contributed by atoms with Crippen molar-refractivity contribution in [3.63, 3.8) is 0 Å². The van der Waals surface area contributed by atoms with Gasteiger partial charge in [0.1, 0.15) is 0 Å². The van der Waals surface area contributed by atoms with Gasteiger partial charge in [0.2, 0.25) is 10.0 Å². The lowest BCUT2D eigenvalue weighted by atomic mass is 10.0. The van der Waals surface area contributed by atoms with Gasteiger partial charge < -0.3 is 0 Å². The van der Waals surface area contributed by atoms with Crippen LogP contribution in [0.5, 0.6) is 0 Å². The third-order valence-corrected chi connectivity index (χ3v) is 6.34. The van der Waals surface area contributed by atoms with Gasteiger partial charge in [-0.25, -0.2) is 12.7 Å². The summed E-state index contributed by atoms with van der Waals surface area (Å²) in [7, 11) is -3.02. The number of sulfonamides is 1. The molecule has 1 fully saturated rings. The molecule has 0 aromatic rings. The van der Waals surface area contributed by atoms with E-state index >= 15 is 0 Å². The highest BCUT2D eigenvalue weighted by atomic mass is 79.9. The van der Waals surface area contributed by atoms with Crippen LogP contribution in [-0.2, 0) is 10.0 Å². The Labute approximate surface area is 108 Å². The molecule has 2 atom stereocenters. The van der Waals surface area contributed by atoms with Crippen LogP contribution in [0.1, 0.15) is 33.6 Å². The molecule has 0 saturated carbocycles. The average Bonchev–Trinajstić information content (AvgIpc) is 2.19. The highest BCUT2D eigenvalue weighted by molar-refractivity contribution is 9.09. The largest absolute Gasteiger partial charge is 0.214 e. The topological polar surface area (TPSA) is 37.4 Å². The van der Waals surface area contributed by atoms with Gasteiger partial charge in [-0.2, -0.15) is 0 Å². The van der Waals surface area contributed by atoms with Crippen molar-refractivity contribution in [2.75, 3.05) is 18.8 Å². The second kappa shape index (κ2) is 5.83. The SMILES string of the molecule is CC(C)CCS(=O)(=O)N1CCC(Br)C(C)C1. The predicted octanol–water partition coefficient (Wildman–Crippen LogP) is 2.47. The van der Waals surface area contributed by atoms with Crippen molar-refractivity contribution >= 4 is 26.0 Å². The van der Waals surface area contributed by atoms with Crippen LogP contribution in [0, 0.1) is 11.8 Å². The standard InChI is InChI=1S/C11H22BrNO2S/c1-9(2)5-7-16(14,15)13-6-4-11(12)10(3)8-13/h9-11H,4-8H2,1-3H3. The van der Waals surface area contributed by atoms with Gasteiger partial charge in [-0.05, 0) is 24.7 Å². The van der Waals surface area contributed by atoms with E-state index in [1.165, 1.54) is 0 Å². The van der Waals surface area contributed by atoms with Crippen molar-refractivity contribution in [1.29, 1.82) is 0 Å². The fraction of sp³-hybridized carbons (Fsp3) is 1.00. The van der Waals surface area contributed by atoms with Gasteiger partial charge in [-0.3, -0.25) is 0 Å². The maximum absolute atomic E-state index is 12.1. The van der Waals surface area contributed by atoms with Crippen molar-refractivity contribution in [3.8, 4) is 0 Å². The molecule has 96 valence electrons. The molecular formula is C11H22BrNO2S. The third kappa shape index (κ3) is 4.00. The zero-order valence-electron chi connectivity index (χ0n) is 10.3. The van der Waals surface area contributed by atoms with Gasteiger partial charge in [0.15, 0.2) is 0 Å². The Morgan fingerprint density at radius 2 is 2.06 bits per heavy atom. The molecule has 1 rings (SSSR count). The normalized spacial score (nSPS) is 28.6. The average molecular weight is 312 g/mol. The number of rotatable bonds is 4. The molecule has 0 spiro atoms. The summed E-state index contributed by atoms with van der Waals surface area (Å²) in [6.45, 7) is 7.55. The van der Waals surface area contributed by atoms with Gasteiger partial charge in [-0.15, -0.1) is 0 Å². The lowest BCUT2D eigenvalue weighted by Gasteiger charge is -2.33. The van der Waals surface area contributed by atoms with E-state index in [4.69, 9.17) is 0 Å². The van der Waals surface area contributed by atoms with E-state index in [0.717, 1.165) is 12.8 Å². The molecule has 2 unspecified atom stereocenters. The Hall–Kier alpha value is 0.390. The molecule has 0 N–H and O–H groups in total. The zero-order chi connectivity index (χ0) is 12.3. The summed E-state index contributed by atoms with van der Waals surface area (Å²) in [5, 5.41) is 0. The molecule has 1 aliphatic heterocycles. The maximum Gasteiger partial charge on any atom is 0.214 e. The van der Waals surface area contributed by atoms with Gasteiger partial charge in [0.25, 0.3) is 0 Å². The van der Waals surface area contributed by atoms with Crippen LogP contribution in [0.3, 0.4) is 0 Å². The summed E-state index contributed by atoms with van der Waals surface area (Å²) in [5.41, 5.74) is 0. The molecule has 0 bridgehead atoms. The molecule has 0 amide bonds. The van der Waals surface area contributed by atoms with Crippen LogP contribution in [0.2, 0.25) is 0 Å². The second-order valence-electron chi connectivity index (χ2n) is 5.14. The van der Waals surface area contributed by atoms with Crippen LogP contribution in [0.15, 0.2) is 0 Å². The third-order valence-electron chi connectivity index (χ3n) is 3.11. The summed E-state index contributed by atoms with van der Waals surface area (Å²) >= 11 is 3.59. The molecule has 1 heterocycles. The van der Waals surface area contributed by atoms with Crippen LogP contribution in [-0.4, -0.2) is 36.4 Å². The quantitative estimate of drug-likeness (QED) is 0.748. The maximum atomic E-state index is 12.1. The predicted molar refractivity (Wildman–Crippen MR) is 71.3 cm³/mol.